The van der Waals surface area contributed by atoms with Gasteiger partial charge in [0, 0.05) is 17.8 Å². The van der Waals surface area contributed by atoms with Crippen molar-refractivity contribution in [2.75, 3.05) is 11.9 Å². The van der Waals surface area contributed by atoms with Crippen LogP contribution in [0.15, 0.2) is 48.5 Å². The van der Waals surface area contributed by atoms with Crippen molar-refractivity contribution in [1.82, 2.24) is 5.32 Å². The van der Waals surface area contributed by atoms with E-state index in [2.05, 4.69) is 10.6 Å². The van der Waals surface area contributed by atoms with Crippen LogP contribution in [0.5, 0.6) is 0 Å². The zero-order chi connectivity index (χ0) is 19.2. The number of nitrogens with one attached hydrogen (secondary N) is 2. The van der Waals surface area contributed by atoms with E-state index in [1.165, 1.54) is 12.1 Å². The number of amides is 2. The highest BCUT2D eigenvalue weighted by Crippen LogP contribution is 2.13. The molecule has 0 aliphatic carbocycles. The first-order chi connectivity index (χ1) is 12.2. The highest BCUT2D eigenvalue weighted by atomic mass is 19.1. The number of carbonyl (C=O) groups is 2. The fourth-order valence-corrected chi connectivity index (χ4v) is 2.20. The van der Waals surface area contributed by atoms with Crippen LogP contribution in [0.4, 0.5) is 14.9 Å². The third kappa shape index (κ3) is 6.55. The average molecular weight is 358 g/mol. The summed E-state index contributed by atoms with van der Waals surface area (Å²) >= 11 is 0. The Morgan fingerprint density at radius 2 is 1.62 bits per heavy atom. The van der Waals surface area contributed by atoms with Gasteiger partial charge in [-0.15, -0.1) is 0 Å². The first kappa shape index (κ1) is 19.4. The van der Waals surface area contributed by atoms with Crippen LogP contribution in [0.2, 0.25) is 0 Å². The predicted molar refractivity (Wildman–Crippen MR) is 98.7 cm³/mol. The number of hydrogen-bond acceptors (Lipinski definition) is 3. The lowest BCUT2D eigenvalue weighted by molar-refractivity contribution is 0.0635. The molecule has 0 unspecified atom stereocenters. The quantitative estimate of drug-likeness (QED) is 0.844. The van der Waals surface area contributed by atoms with Crippen LogP contribution in [0.1, 0.15) is 36.7 Å². The van der Waals surface area contributed by atoms with E-state index in [0.717, 1.165) is 5.56 Å². The summed E-state index contributed by atoms with van der Waals surface area (Å²) in [5.74, 6) is -0.492. The zero-order valence-electron chi connectivity index (χ0n) is 15.1. The predicted octanol–water partition coefficient (Wildman–Crippen LogP) is 4.15. The van der Waals surface area contributed by atoms with Crippen molar-refractivity contribution >= 4 is 17.7 Å². The number of halogens is 1. The van der Waals surface area contributed by atoms with E-state index in [1.54, 1.807) is 57.2 Å². The minimum atomic E-state index is -0.575. The average Bonchev–Trinajstić information content (AvgIpc) is 2.55. The highest BCUT2D eigenvalue weighted by Gasteiger charge is 2.16. The van der Waals surface area contributed by atoms with Crippen LogP contribution >= 0.6 is 0 Å². The van der Waals surface area contributed by atoms with Gasteiger partial charge in [-0.3, -0.25) is 10.1 Å². The third-order valence-electron chi connectivity index (χ3n) is 3.40. The van der Waals surface area contributed by atoms with Crippen molar-refractivity contribution in [1.29, 1.82) is 0 Å². The van der Waals surface area contributed by atoms with Gasteiger partial charge in [-0.2, -0.15) is 0 Å². The molecule has 6 heteroatoms. The maximum atomic E-state index is 12.8. The summed E-state index contributed by atoms with van der Waals surface area (Å²) in [6.45, 7) is 5.80. The first-order valence-corrected chi connectivity index (χ1v) is 8.36. The van der Waals surface area contributed by atoms with Gasteiger partial charge >= 0.3 is 6.09 Å². The van der Waals surface area contributed by atoms with Crippen LogP contribution in [0.25, 0.3) is 0 Å². The first-order valence-electron chi connectivity index (χ1n) is 8.36. The Labute approximate surface area is 152 Å². The van der Waals surface area contributed by atoms with Crippen molar-refractivity contribution in [3.63, 3.8) is 0 Å². The number of benzene rings is 2. The molecule has 0 heterocycles. The normalized spacial score (nSPS) is 10.9. The molecule has 0 aliphatic rings. The molecule has 0 saturated heterocycles. The van der Waals surface area contributed by atoms with Crippen molar-refractivity contribution in [3.8, 4) is 0 Å². The topological polar surface area (TPSA) is 67.4 Å². The number of ether oxygens (including phenoxy) is 1. The molecule has 2 rings (SSSR count). The molecule has 0 fully saturated rings. The maximum absolute atomic E-state index is 12.8. The van der Waals surface area contributed by atoms with Gasteiger partial charge < -0.3 is 10.1 Å². The van der Waals surface area contributed by atoms with E-state index in [0.29, 0.717) is 24.2 Å². The van der Waals surface area contributed by atoms with E-state index < -0.39 is 11.7 Å². The van der Waals surface area contributed by atoms with Gasteiger partial charge in [0.2, 0.25) is 0 Å². The van der Waals surface area contributed by atoms with Gasteiger partial charge in [-0.25, -0.2) is 9.18 Å². The zero-order valence-corrected chi connectivity index (χ0v) is 15.1. The summed E-state index contributed by atoms with van der Waals surface area (Å²) in [6.07, 6.45) is 0.0682. The van der Waals surface area contributed by atoms with Crippen molar-refractivity contribution < 1.29 is 18.7 Å². The molecule has 0 saturated carbocycles. The summed E-state index contributed by atoms with van der Waals surface area (Å²) in [5.41, 5.74) is 1.40. The molecular formula is C20H23FN2O3. The van der Waals surface area contributed by atoms with Crippen molar-refractivity contribution in [2.24, 2.45) is 0 Å². The Hall–Kier alpha value is -2.89. The minimum Gasteiger partial charge on any atom is -0.444 e. The largest absolute Gasteiger partial charge is 0.444 e. The van der Waals surface area contributed by atoms with E-state index in [-0.39, 0.29) is 11.7 Å². The molecule has 5 nitrogen and oxygen atoms in total. The van der Waals surface area contributed by atoms with Crippen LogP contribution in [-0.2, 0) is 11.2 Å². The molecule has 0 atom stereocenters. The van der Waals surface area contributed by atoms with E-state index in [1.807, 2.05) is 0 Å². The molecule has 2 amide bonds. The molecule has 0 radical (unpaired) electrons. The standard InChI is InChI=1S/C20H23FN2O3/c1-20(2,3)26-19(25)23-17-10-6-15(7-11-17)18(24)22-13-12-14-4-8-16(21)9-5-14/h4-11H,12-13H2,1-3H3,(H,22,24)(H,23,25). The second kappa shape index (κ2) is 8.47. The lowest BCUT2D eigenvalue weighted by Gasteiger charge is -2.19. The number of carbonyl (C=O) groups excluding carboxylic acids is 2. The van der Waals surface area contributed by atoms with E-state index in [4.69, 9.17) is 4.74 Å². The SMILES string of the molecule is CC(C)(C)OC(=O)Nc1ccc(C(=O)NCCc2ccc(F)cc2)cc1. The Morgan fingerprint density at radius 1 is 1.00 bits per heavy atom. The number of rotatable bonds is 5. The van der Waals surface area contributed by atoms with E-state index >= 15 is 0 Å². The van der Waals surface area contributed by atoms with Crippen molar-refractivity contribution in [3.05, 3.63) is 65.5 Å². The Morgan fingerprint density at radius 3 is 2.19 bits per heavy atom. The molecule has 0 aromatic heterocycles. The Balaban J connectivity index is 1.82. The molecule has 2 aromatic carbocycles. The summed E-state index contributed by atoms with van der Waals surface area (Å²) in [5, 5.41) is 5.42. The number of anilines is 1. The molecule has 2 N–H and O–H groups in total. The molecular weight excluding hydrogens is 335 g/mol. The third-order valence-corrected chi connectivity index (χ3v) is 3.40. The minimum absolute atomic E-state index is 0.212. The second-order valence-electron chi connectivity index (χ2n) is 6.84. The lowest BCUT2D eigenvalue weighted by Crippen LogP contribution is -2.27. The molecule has 2 aromatic rings. The number of hydrogen-bond donors (Lipinski definition) is 2. The summed E-state index contributed by atoms with van der Waals surface area (Å²) in [4.78, 5) is 23.8. The summed E-state index contributed by atoms with van der Waals surface area (Å²) in [7, 11) is 0. The van der Waals surface area contributed by atoms with Crippen LogP contribution in [0, 0.1) is 5.82 Å². The van der Waals surface area contributed by atoms with Gasteiger partial charge in [-0.1, -0.05) is 12.1 Å². The van der Waals surface area contributed by atoms with Crippen LogP contribution in [-0.4, -0.2) is 24.1 Å². The molecule has 138 valence electrons. The van der Waals surface area contributed by atoms with Crippen LogP contribution in [0.3, 0.4) is 0 Å². The Kier molecular flexibility index (Phi) is 6.33. The summed E-state index contributed by atoms with van der Waals surface area (Å²) < 4.78 is 18.0. The molecule has 0 aliphatic heterocycles. The van der Waals surface area contributed by atoms with Gasteiger partial charge in [-0.05, 0) is 69.2 Å². The monoisotopic (exact) mass is 358 g/mol. The van der Waals surface area contributed by atoms with E-state index in [9.17, 15) is 14.0 Å². The fourth-order valence-electron chi connectivity index (χ4n) is 2.20. The highest BCUT2D eigenvalue weighted by molar-refractivity contribution is 5.95. The molecule has 0 bridgehead atoms. The molecule has 26 heavy (non-hydrogen) atoms. The van der Waals surface area contributed by atoms with Gasteiger partial charge in [0.05, 0.1) is 0 Å². The Bertz CT molecular complexity index is 750. The lowest BCUT2D eigenvalue weighted by atomic mass is 10.1. The smallest absolute Gasteiger partial charge is 0.412 e. The fraction of sp³-hybridized carbons (Fsp3) is 0.300. The van der Waals surface area contributed by atoms with Crippen molar-refractivity contribution in [2.45, 2.75) is 32.8 Å². The molecule has 0 spiro atoms. The van der Waals surface area contributed by atoms with Gasteiger partial charge in [0.25, 0.3) is 5.91 Å². The van der Waals surface area contributed by atoms with Gasteiger partial charge in [0.1, 0.15) is 11.4 Å². The second-order valence-corrected chi connectivity index (χ2v) is 6.84. The summed E-state index contributed by atoms with van der Waals surface area (Å²) in [6, 6.07) is 12.7. The maximum Gasteiger partial charge on any atom is 0.412 e. The van der Waals surface area contributed by atoms with Crippen LogP contribution < -0.4 is 10.6 Å². The van der Waals surface area contributed by atoms with Gasteiger partial charge in [0.15, 0.2) is 0 Å².